The van der Waals surface area contributed by atoms with Gasteiger partial charge in [-0.2, -0.15) is 0 Å². The fraction of sp³-hybridized carbons (Fsp3) is 0.368. The van der Waals surface area contributed by atoms with E-state index < -0.39 is 0 Å². The van der Waals surface area contributed by atoms with E-state index in [-0.39, 0.29) is 6.10 Å². The monoisotopic (exact) mass is 317 g/mol. The molecule has 0 aromatic heterocycles. The Hall–Kier alpha value is -1.35. The van der Waals surface area contributed by atoms with Gasteiger partial charge in [-0.3, -0.25) is 4.90 Å². The van der Waals surface area contributed by atoms with Crippen LogP contribution in [0.25, 0.3) is 0 Å². The molecular weight excluding hydrogens is 294 g/mol. The maximum absolute atomic E-state index is 10.4. The Morgan fingerprint density at radius 3 is 2.27 bits per heavy atom. The van der Waals surface area contributed by atoms with E-state index in [9.17, 15) is 5.11 Å². The lowest BCUT2D eigenvalue weighted by Crippen LogP contribution is -2.38. The molecule has 0 bridgehead atoms. The average Bonchev–Trinajstić information content (AvgIpc) is 2.49. The van der Waals surface area contributed by atoms with Crippen LogP contribution in [0.2, 0.25) is 5.02 Å². The van der Waals surface area contributed by atoms with Crippen molar-refractivity contribution in [2.45, 2.75) is 39.0 Å². The lowest BCUT2D eigenvalue weighted by Gasteiger charge is -2.29. The Bertz CT molecular complexity index is 571. The summed E-state index contributed by atoms with van der Waals surface area (Å²) in [5.74, 6) is 0. The van der Waals surface area contributed by atoms with Crippen molar-refractivity contribution in [1.29, 1.82) is 0 Å². The zero-order valence-electron chi connectivity index (χ0n) is 13.2. The fourth-order valence-corrected chi connectivity index (χ4v) is 2.72. The van der Waals surface area contributed by atoms with Gasteiger partial charge in [0.05, 0.1) is 6.10 Å². The molecule has 1 atom stereocenters. The molecule has 0 spiro atoms. The summed E-state index contributed by atoms with van der Waals surface area (Å²) in [6.45, 7) is 5.68. The van der Waals surface area contributed by atoms with Gasteiger partial charge in [-0.1, -0.05) is 60.1 Å². The zero-order valence-corrected chi connectivity index (χ0v) is 14.0. The van der Waals surface area contributed by atoms with Gasteiger partial charge in [0.2, 0.25) is 0 Å². The van der Waals surface area contributed by atoms with Crippen molar-refractivity contribution >= 4 is 11.6 Å². The normalized spacial score (nSPS) is 12.8. The fourth-order valence-electron chi connectivity index (χ4n) is 2.52. The molecule has 0 amide bonds. The summed E-state index contributed by atoms with van der Waals surface area (Å²) in [6.07, 6.45) is 0.291. The van der Waals surface area contributed by atoms with Crippen LogP contribution in [0, 0.1) is 0 Å². The number of aliphatic hydroxyl groups excluding tert-OH is 1. The molecule has 2 aromatic rings. The minimum atomic E-state index is -0.382. The lowest BCUT2D eigenvalue weighted by molar-refractivity contribution is 0.0908. The number of hydrogen-bond acceptors (Lipinski definition) is 2. The third kappa shape index (κ3) is 5.13. The van der Waals surface area contributed by atoms with Crippen LogP contribution in [0.4, 0.5) is 0 Å². The summed E-state index contributed by atoms with van der Waals surface area (Å²) < 4.78 is 0. The van der Waals surface area contributed by atoms with Crippen LogP contribution in [0.1, 0.15) is 25.0 Å². The van der Waals surface area contributed by atoms with Crippen LogP contribution in [0.5, 0.6) is 0 Å². The largest absolute Gasteiger partial charge is 0.391 e. The summed E-state index contributed by atoms with van der Waals surface area (Å²) >= 11 is 6.25. The van der Waals surface area contributed by atoms with Crippen molar-refractivity contribution in [2.24, 2.45) is 0 Å². The second-order valence-electron chi connectivity index (χ2n) is 5.96. The van der Waals surface area contributed by atoms with E-state index >= 15 is 0 Å². The van der Waals surface area contributed by atoms with E-state index in [0.717, 1.165) is 22.7 Å². The number of benzene rings is 2. The summed E-state index contributed by atoms with van der Waals surface area (Å²) in [7, 11) is 0. The SMILES string of the molecule is CC(C)N(Cc1ccccc1Cl)CC(O)Cc1ccccc1. The molecule has 1 N–H and O–H groups in total. The molecule has 0 aliphatic heterocycles. The van der Waals surface area contributed by atoms with Crippen LogP contribution in [-0.2, 0) is 13.0 Å². The van der Waals surface area contributed by atoms with Crippen LogP contribution >= 0.6 is 11.6 Å². The van der Waals surface area contributed by atoms with Crippen LogP contribution in [0.3, 0.4) is 0 Å². The van der Waals surface area contributed by atoms with Gasteiger partial charge in [0.15, 0.2) is 0 Å². The highest BCUT2D eigenvalue weighted by molar-refractivity contribution is 6.31. The standard InChI is InChI=1S/C19H24ClNO/c1-15(2)21(13-17-10-6-7-11-19(17)20)14-18(22)12-16-8-4-3-5-9-16/h3-11,15,18,22H,12-14H2,1-2H3. The van der Waals surface area contributed by atoms with Gasteiger partial charge >= 0.3 is 0 Å². The van der Waals surface area contributed by atoms with E-state index in [2.05, 4.69) is 30.9 Å². The first-order chi connectivity index (χ1) is 10.6. The molecular formula is C19H24ClNO. The van der Waals surface area contributed by atoms with E-state index in [1.54, 1.807) is 0 Å². The van der Waals surface area contributed by atoms with Gasteiger partial charge in [0, 0.05) is 24.2 Å². The van der Waals surface area contributed by atoms with Gasteiger partial charge in [0.25, 0.3) is 0 Å². The molecule has 0 saturated heterocycles. The molecule has 0 saturated carbocycles. The highest BCUT2D eigenvalue weighted by Crippen LogP contribution is 2.18. The van der Waals surface area contributed by atoms with E-state index in [1.807, 2.05) is 42.5 Å². The quantitative estimate of drug-likeness (QED) is 0.829. The van der Waals surface area contributed by atoms with Crippen molar-refractivity contribution < 1.29 is 5.11 Å². The number of halogens is 1. The van der Waals surface area contributed by atoms with Crippen molar-refractivity contribution in [2.75, 3.05) is 6.54 Å². The van der Waals surface area contributed by atoms with Gasteiger partial charge in [-0.15, -0.1) is 0 Å². The lowest BCUT2D eigenvalue weighted by atomic mass is 10.1. The highest BCUT2D eigenvalue weighted by atomic mass is 35.5. The number of nitrogens with zero attached hydrogens (tertiary/aromatic N) is 1. The van der Waals surface area contributed by atoms with Crippen molar-refractivity contribution in [3.05, 3.63) is 70.7 Å². The smallest absolute Gasteiger partial charge is 0.0707 e. The second kappa shape index (κ2) is 8.33. The molecule has 2 rings (SSSR count). The first-order valence-electron chi connectivity index (χ1n) is 7.75. The Kier molecular flexibility index (Phi) is 6.44. The molecule has 0 heterocycles. The molecule has 1 unspecified atom stereocenters. The maximum atomic E-state index is 10.4. The number of rotatable bonds is 7. The summed E-state index contributed by atoms with van der Waals surface area (Å²) in [5.41, 5.74) is 2.27. The van der Waals surface area contributed by atoms with E-state index in [1.165, 1.54) is 0 Å². The third-order valence-electron chi connectivity index (χ3n) is 3.82. The van der Waals surface area contributed by atoms with Crippen molar-refractivity contribution in [3.8, 4) is 0 Å². The summed E-state index contributed by atoms with van der Waals surface area (Å²) in [5, 5.41) is 11.2. The predicted molar refractivity (Wildman–Crippen MR) is 93.2 cm³/mol. The summed E-state index contributed by atoms with van der Waals surface area (Å²) in [4.78, 5) is 2.26. The Morgan fingerprint density at radius 2 is 1.64 bits per heavy atom. The number of hydrogen-bond donors (Lipinski definition) is 1. The molecule has 0 fully saturated rings. The molecule has 0 aliphatic rings. The molecule has 3 heteroatoms. The molecule has 2 aromatic carbocycles. The van der Waals surface area contributed by atoms with Gasteiger partial charge in [-0.05, 0) is 37.5 Å². The van der Waals surface area contributed by atoms with E-state index in [0.29, 0.717) is 19.0 Å². The Balaban J connectivity index is 1.98. The first kappa shape index (κ1) is 17.0. The zero-order chi connectivity index (χ0) is 15.9. The summed E-state index contributed by atoms with van der Waals surface area (Å²) in [6, 6.07) is 18.4. The predicted octanol–water partition coefficient (Wildman–Crippen LogP) is 4.15. The molecule has 0 radical (unpaired) electrons. The molecule has 118 valence electrons. The maximum Gasteiger partial charge on any atom is 0.0707 e. The van der Waals surface area contributed by atoms with Crippen molar-refractivity contribution in [1.82, 2.24) is 4.90 Å². The third-order valence-corrected chi connectivity index (χ3v) is 4.19. The van der Waals surface area contributed by atoms with Gasteiger partial charge in [-0.25, -0.2) is 0 Å². The van der Waals surface area contributed by atoms with Gasteiger partial charge < -0.3 is 5.11 Å². The van der Waals surface area contributed by atoms with Crippen LogP contribution in [-0.4, -0.2) is 28.7 Å². The molecule has 22 heavy (non-hydrogen) atoms. The van der Waals surface area contributed by atoms with E-state index in [4.69, 9.17) is 11.6 Å². The van der Waals surface area contributed by atoms with Crippen LogP contribution < -0.4 is 0 Å². The molecule has 0 aliphatic carbocycles. The second-order valence-corrected chi connectivity index (χ2v) is 6.37. The van der Waals surface area contributed by atoms with Crippen LogP contribution in [0.15, 0.2) is 54.6 Å². The first-order valence-corrected chi connectivity index (χ1v) is 8.13. The van der Waals surface area contributed by atoms with Crippen molar-refractivity contribution in [3.63, 3.8) is 0 Å². The number of aliphatic hydroxyl groups is 1. The Morgan fingerprint density at radius 1 is 1.00 bits per heavy atom. The molecule has 2 nitrogen and oxygen atoms in total. The Labute approximate surface area is 138 Å². The average molecular weight is 318 g/mol. The highest BCUT2D eigenvalue weighted by Gasteiger charge is 2.16. The van der Waals surface area contributed by atoms with Gasteiger partial charge in [0.1, 0.15) is 0 Å². The minimum absolute atomic E-state index is 0.349. The topological polar surface area (TPSA) is 23.5 Å². The minimum Gasteiger partial charge on any atom is -0.391 e.